The summed E-state index contributed by atoms with van der Waals surface area (Å²) in [4.78, 5) is 5.72. The first-order valence-corrected chi connectivity index (χ1v) is 21.6. The van der Waals surface area contributed by atoms with Crippen LogP contribution in [0.25, 0.3) is 49.4 Å². The zero-order valence-electron chi connectivity index (χ0n) is 35.0. The Morgan fingerprint density at radius 3 is 2.15 bits per heavy atom. The lowest BCUT2D eigenvalue weighted by molar-refractivity contribution is 0.516. The second kappa shape index (κ2) is 16.4. The lowest BCUT2D eigenvalue weighted by Crippen LogP contribution is -2.40. The van der Waals surface area contributed by atoms with E-state index in [1.807, 2.05) is 0 Å². The number of aryl methyl sites for hydroxylation is 1. The standard InChI is InChI=1S/C56H52N2OS/c1-36(2)57(48-31-16-11-21-38(48)4)52-35-53(60)54(45-27-15-14-26-44(45)52)40(6)34-51(42-25-13-10-20-37(42)3)58(49-32-17-12-22-39(49)5)50-33-19-30-47-46-29-18-28-43(55(46)59-56(47)50)41-23-8-7-9-24-41/h7-11,13-16,18-31,33-35,37,42,49,60H,1,6,12,17,32H2,2-5H3/b51-34+. The van der Waals surface area contributed by atoms with Gasteiger partial charge in [0, 0.05) is 55.2 Å². The Labute approximate surface area is 360 Å². The third-order valence-electron chi connectivity index (χ3n) is 12.5. The lowest BCUT2D eigenvalue weighted by atomic mass is 9.83. The fraction of sp³-hybridized carbons (Fsp3) is 0.179. The summed E-state index contributed by atoms with van der Waals surface area (Å²) in [7, 11) is 0. The zero-order valence-corrected chi connectivity index (χ0v) is 35.9. The minimum Gasteiger partial charge on any atom is -0.453 e. The molecule has 0 saturated carbocycles. The van der Waals surface area contributed by atoms with Crippen LogP contribution in [0.3, 0.4) is 0 Å². The van der Waals surface area contributed by atoms with Crippen LogP contribution in [0.1, 0.15) is 51.2 Å². The molecule has 1 heterocycles. The first-order valence-electron chi connectivity index (χ1n) is 21.2. The van der Waals surface area contributed by atoms with E-state index in [0.717, 1.165) is 102 Å². The minimum absolute atomic E-state index is 0.0786. The van der Waals surface area contributed by atoms with Gasteiger partial charge in [0.05, 0.1) is 17.4 Å². The Morgan fingerprint density at radius 1 is 0.733 bits per heavy atom. The Morgan fingerprint density at radius 2 is 1.40 bits per heavy atom. The molecule has 0 fully saturated rings. The SMILES string of the molecule is C=C(/C=C(\C1C=CC=CC1C)N(c1cccc2c1oc1c(-c3ccccc3)cccc12)C1CCCC=C1C)c1c(S)cc(N(C(=C)C)c2ccccc2C)c2ccccc12. The fourth-order valence-electron chi connectivity index (χ4n) is 9.55. The second-order valence-electron chi connectivity index (χ2n) is 16.5. The van der Waals surface area contributed by atoms with Gasteiger partial charge in [-0.2, -0.15) is 0 Å². The van der Waals surface area contributed by atoms with Gasteiger partial charge in [0.25, 0.3) is 0 Å². The molecule has 0 amide bonds. The molecule has 60 heavy (non-hydrogen) atoms. The molecule has 2 aliphatic rings. The summed E-state index contributed by atoms with van der Waals surface area (Å²) in [5, 5.41) is 4.45. The average molecular weight is 801 g/mol. The van der Waals surface area contributed by atoms with E-state index in [1.54, 1.807) is 0 Å². The fourth-order valence-corrected chi connectivity index (χ4v) is 9.93. The number of furan rings is 1. The number of fused-ring (bicyclic) bond motifs is 4. The number of nitrogens with zero attached hydrogens (tertiary/aromatic N) is 2. The van der Waals surface area contributed by atoms with E-state index >= 15 is 0 Å². The monoisotopic (exact) mass is 800 g/mol. The number of benzene rings is 6. The van der Waals surface area contributed by atoms with Crippen LogP contribution in [-0.2, 0) is 0 Å². The predicted molar refractivity (Wildman–Crippen MR) is 260 cm³/mol. The Hall–Kier alpha value is -6.23. The van der Waals surface area contributed by atoms with Gasteiger partial charge in [0.15, 0.2) is 5.58 Å². The first kappa shape index (κ1) is 39.2. The molecule has 1 aromatic heterocycles. The van der Waals surface area contributed by atoms with Crippen molar-refractivity contribution >= 4 is 68.0 Å². The van der Waals surface area contributed by atoms with Crippen LogP contribution in [0.15, 0.2) is 197 Å². The van der Waals surface area contributed by atoms with Crippen molar-refractivity contribution in [3.8, 4) is 11.1 Å². The molecule has 3 atom stereocenters. The van der Waals surface area contributed by atoms with Gasteiger partial charge in [0.2, 0.25) is 0 Å². The van der Waals surface area contributed by atoms with Crippen LogP contribution >= 0.6 is 12.6 Å². The molecule has 0 bridgehead atoms. The molecule has 9 rings (SSSR count). The number of allylic oxidation sites excluding steroid dienone is 8. The molecule has 7 aromatic rings. The molecule has 4 heteroatoms. The Bertz CT molecular complexity index is 2920. The molecule has 0 radical (unpaired) electrons. The number of hydrogen-bond acceptors (Lipinski definition) is 4. The summed E-state index contributed by atoms with van der Waals surface area (Å²) >= 11 is 5.30. The molecule has 3 unspecified atom stereocenters. The second-order valence-corrected chi connectivity index (χ2v) is 17.0. The largest absolute Gasteiger partial charge is 0.453 e. The van der Waals surface area contributed by atoms with Gasteiger partial charge < -0.3 is 14.2 Å². The van der Waals surface area contributed by atoms with Crippen molar-refractivity contribution in [1.29, 1.82) is 0 Å². The van der Waals surface area contributed by atoms with Crippen LogP contribution in [0, 0.1) is 18.8 Å². The molecule has 2 aliphatic carbocycles. The first-order chi connectivity index (χ1) is 29.2. The van der Waals surface area contributed by atoms with Crippen molar-refractivity contribution in [2.45, 2.75) is 57.9 Å². The van der Waals surface area contributed by atoms with Crippen LogP contribution in [0.5, 0.6) is 0 Å². The maximum Gasteiger partial charge on any atom is 0.159 e. The highest BCUT2D eigenvalue weighted by Crippen LogP contribution is 2.47. The van der Waals surface area contributed by atoms with E-state index < -0.39 is 0 Å². The molecule has 0 N–H and O–H groups in total. The van der Waals surface area contributed by atoms with Gasteiger partial charge in [-0.3, -0.25) is 0 Å². The van der Waals surface area contributed by atoms with Crippen molar-refractivity contribution in [3.63, 3.8) is 0 Å². The van der Waals surface area contributed by atoms with E-state index in [4.69, 9.17) is 23.6 Å². The zero-order chi connectivity index (χ0) is 41.5. The van der Waals surface area contributed by atoms with Crippen molar-refractivity contribution in [2.75, 3.05) is 9.80 Å². The van der Waals surface area contributed by atoms with Gasteiger partial charge in [0.1, 0.15) is 5.58 Å². The average Bonchev–Trinajstić information content (AvgIpc) is 3.65. The molecule has 6 aromatic carbocycles. The third kappa shape index (κ3) is 7.03. The number of anilines is 3. The molecule has 0 spiro atoms. The van der Waals surface area contributed by atoms with E-state index in [1.165, 1.54) is 16.8 Å². The quantitative estimate of drug-likeness (QED) is 0.0845. The van der Waals surface area contributed by atoms with Crippen molar-refractivity contribution < 1.29 is 4.42 Å². The third-order valence-corrected chi connectivity index (χ3v) is 12.8. The van der Waals surface area contributed by atoms with Crippen LogP contribution < -0.4 is 9.80 Å². The predicted octanol–water partition coefficient (Wildman–Crippen LogP) is 16.0. The van der Waals surface area contributed by atoms with E-state index in [9.17, 15) is 0 Å². The van der Waals surface area contributed by atoms with Gasteiger partial charge in [-0.1, -0.05) is 159 Å². The highest BCUT2D eigenvalue weighted by atomic mass is 32.1. The molecular weight excluding hydrogens is 749 g/mol. The molecular formula is C56H52N2OS. The maximum absolute atomic E-state index is 7.14. The number of para-hydroxylation sites is 3. The topological polar surface area (TPSA) is 19.6 Å². The Balaban J connectivity index is 1.27. The smallest absolute Gasteiger partial charge is 0.159 e. The lowest BCUT2D eigenvalue weighted by Gasteiger charge is -2.41. The summed E-state index contributed by atoms with van der Waals surface area (Å²) in [5.74, 6) is 0.326. The van der Waals surface area contributed by atoms with Crippen LogP contribution in [0.4, 0.5) is 17.1 Å². The number of thiol groups is 1. The Kier molecular flexibility index (Phi) is 10.7. The van der Waals surface area contributed by atoms with Crippen LogP contribution in [0.2, 0.25) is 0 Å². The van der Waals surface area contributed by atoms with Crippen molar-refractivity contribution in [3.05, 3.63) is 199 Å². The minimum atomic E-state index is 0.0786. The van der Waals surface area contributed by atoms with Gasteiger partial charge in [-0.05, 0) is 92.3 Å². The highest BCUT2D eigenvalue weighted by molar-refractivity contribution is 7.80. The summed E-state index contributed by atoms with van der Waals surface area (Å²) in [6.07, 6.45) is 17.1. The number of hydrogen-bond donors (Lipinski definition) is 1. The van der Waals surface area contributed by atoms with Gasteiger partial charge in [-0.25, -0.2) is 0 Å². The van der Waals surface area contributed by atoms with E-state index in [0.29, 0.717) is 0 Å². The molecule has 0 saturated heterocycles. The number of rotatable bonds is 10. The van der Waals surface area contributed by atoms with Crippen molar-refractivity contribution in [1.82, 2.24) is 0 Å². The summed E-state index contributed by atoms with van der Waals surface area (Å²) in [5.41, 5.74) is 13.9. The molecule has 3 nitrogen and oxygen atoms in total. The van der Waals surface area contributed by atoms with E-state index in [-0.39, 0.29) is 17.9 Å². The normalized spacial score (nSPS) is 17.9. The summed E-state index contributed by atoms with van der Waals surface area (Å²) in [6, 6.07) is 43.2. The van der Waals surface area contributed by atoms with Gasteiger partial charge >= 0.3 is 0 Å². The van der Waals surface area contributed by atoms with E-state index in [2.05, 4.69) is 202 Å². The summed E-state index contributed by atoms with van der Waals surface area (Å²) < 4.78 is 7.14. The van der Waals surface area contributed by atoms with Gasteiger partial charge in [-0.15, -0.1) is 12.6 Å². The molecule has 298 valence electrons. The van der Waals surface area contributed by atoms with Crippen LogP contribution in [-0.4, -0.2) is 6.04 Å². The molecule has 0 aliphatic heterocycles. The summed E-state index contributed by atoms with van der Waals surface area (Å²) in [6.45, 7) is 18.2. The van der Waals surface area contributed by atoms with Crippen molar-refractivity contribution in [2.24, 2.45) is 11.8 Å². The highest BCUT2D eigenvalue weighted by Gasteiger charge is 2.34. The maximum atomic E-state index is 7.14.